The Hall–Kier alpha value is -1.13. The van der Waals surface area contributed by atoms with Crippen molar-refractivity contribution in [2.24, 2.45) is 5.73 Å². The first-order chi connectivity index (χ1) is 7.88. The maximum Gasteiger partial charge on any atom is 0.213 e. The van der Waals surface area contributed by atoms with Gasteiger partial charge in [0.2, 0.25) is 5.88 Å². The molecule has 0 amide bonds. The van der Waals surface area contributed by atoms with Crippen LogP contribution >= 0.6 is 0 Å². The van der Waals surface area contributed by atoms with Crippen molar-refractivity contribution in [1.82, 2.24) is 9.88 Å². The van der Waals surface area contributed by atoms with E-state index in [-0.39, 0.29) is 0 Å². The van der Waals surface area contributed by atoms with Crippen molar-refractivity contribution in [3.05, 3.63) is 23.9 Å². The van der Waals surface area contributed by atoms with Gasteiger partial charge < -0.3 is 10.5 Å². The molecule has 0 aromatic carbocycles. The third-order valence-electron chi connectivity index (χ3n) is 2.85. The summed E-state index contributed by atoms with van der Waals surface area (Å²) in [6.45, 7) is 4.58. The van der Waals surface area contributed by atoms with Crippen LogP contribution in [-0.4, -0.2) is 36.1 Å². The molecular formula is C12H19N3O. The van der Waals surface area contributed by atoms with Crippen LogP contribution in [0.4, 0.5) is 0 Å². The maximum atomic E-state index is 5.60. The van der Waals surface area contributed by atoms with Gasteiger partial charge in [-0.2, -0.15) is 0 Å². The second kappa shape index (κ2) is 5.82. The van der Waals surface area contributed by atoms with Crippen molar-refractivity contribution in [2.45, 2.75) is 19.4 Å². The first-order valence-corrected chi connectivity index (χ1v) is 5.89. The summed E-state index contributed by atoms with van der Waals surface area (Å²) < 4.78 is 5.60. The summed E-state index contributed by atoms with van der Waals surface area (Å²) >= 11 is 0. The Balaban J connectivity index is 1.75. The van der Waals surface area contributed by atoms with Gasteiger partial charge in [-0.25, -0.2) is 4.98 Å². The van der Waals surface area contributed by atoms with E-state index in [1.165, 1.54) is 25.9 Å². The van der Waals surface area contributed by atoms with Gasteiger partial charge in [0, 0.05) is 19.2 Å². The average Bonchev–Trinajstić information content (AvgIpc) is 2.82. The van der Waals surface area contributed by atoms with E-state index < -0.39 is 0 Å². The zero-order chi connectivity index (χ0) is 11.2. The molecule has 1 aliphatic heterocycles. The molecule has 1 fully saturated rings. The van der Waals surface area contributed by atoms with E-state index in [0.717, 1.165) is 12.2 Å². The predicted octanol–water partition coefficient (Wildman–Crippen LogP) is 1.01. The number of rotatable bonds is 5. The predicted molar refractivity (Wildman–Crippen MR) is 63.3 cm³/mol. The minimum atomic E-state index is 0.462. The minimum absolute atomic E-state index is 0.462. The molecule has 4 heteroatoms. The molecule has 88 valence electrons. The summed E-state index contributed by atoms with van der Waals surface area (Å²) in [6, 6.07) is 5.72. The van der Waals surface area contributed by atoms with Gasteiger partial charge in [-0.05, 0) is 32.0 Å². The Morgan fingerprint density at radius 1 is 1.31 bits per heavy atom. The quantitative estimate of drug-likeness (QED) is 0.806. The van der Waals surface area contributed by atoms with Crippen molar-refractivity contribution < 1.29 is 4.74 Å². The molecule has 4 nitrogen and oxygen atoms in total. The van der Waals surface area contributed by atoms with E-state index >= 15 is 0 Å². The lowest BCUT2D eigenvalue weighted by atomic mass is 10.3. The summed E-state index contributed by atoms with van der Waals surface area (Å²) in [6.07, 6.45) is 2.64. The Kier molecular flexibility index (Phi) is 4.13. The van der Waals surface area contributed by atoms with Gasteiger partial charge in [0.05, 0.1) is 5.69 Å². The van der Waals surface area contributed by atoms with Gasteiger partial charge in [0.15, 0.2) is 0 Å². The fraction of sp³-hybridized carbons (Fsp3) is 0.583. The third-order valence-corrected chi connectivity index (χ3v) is 2.85. The normalized spacial score (nSPS) is 16.6. The second-order valence-corrected chi connectivity index (χ2v) is 4.07. The topological polar surface area (TPSA) is 51.4 Å². The van der Waals surface area contributed by atoms with Crippen LogP contribution in [0.1, 0.15) is 18.5 Å². The Morgan fingerprint density at radius 2 is 2.12 bits per heavy atom. The molecule has 16 heavy (non-hydrogen) atoms. The molecule has 2 N–H and O–H groups in total. The average molecular weight is 221 g/mol. The molecule has 0 radical (unpaired) electrons. The largest absolute Gasteiger partial charge is 0.476 e. The van der Waals surface area contributed by atoms with Gasteiger partial charge >= 0.3 is 0 Å². The van der Waals surface area contributed by atoms with Crippen molar-refractivity contribution >= 4 is 0 Å². The number of hydrogen-bond donors (Lipinski definition) is 1. The lowest BCUT2D eigenvalue weighted by molar-refractivity contribution is 0.231. The Bertz CT molecular complexity index is 324. The monoisotopic (exact) mass is 221 g/mol. The molecule has 1 saturated heterocycles. The van der Waals surface area contributed by atoms with Crippen LogP contribution in [0.25, 0.3) is 0 Å². The van der Waals surface area contributed by atoms with Gasteiger partial charge in [-0.3, -0.25) is 4.90 Å². The van der Waals surface area contributed by atoms with Crippen molar-refractivity contribution in [2.75, 3.05) is 26.2 Å². The molecule has 0 aliphatic carbocycles. The number of likely N-dealkylation sites (tertiary alicyclic amines) is 1. The van der Waals surface area contributed by atoms with Crippen molar-refractivity contribution in [1.29, 1.82) is 0 Å². The highest BCUT2D eigenvalue weighted by atomic mass is 16.5. The highest BCUT2D eigenvalue weighted by molar-refractivity contribution is 5.15. The lowest BCUT2D eigenvalue weighted by Gasteiger charge is -2.14. The van der Waals surface area contributed by atoms with E-state index in [9.17, 15) is 0 Å². The lowest BCUT2D eigenvalue weighted by Crippen LogP contribution is -2.25. The number of ether oxygens (including phenoxy) is 1. The van der Waals surface area contributed by atoms with E-state index in [1.54, 1.807) is 0 Å². The summed E-state index contributed by atoms with van der Waals surface area (Å²) in [5.74, 6) is 0.683. The standard InChI is InChI=1S/C12H19N3O/c13-10-11-4-3-5-12(14-11)16-9-8-15-6-1-2-7-15/h3-5H,1-2,6-10,13H2. The van der Waals surface area contributed by atoms with Gasteiger partial charge in [-0.1, -0.05) is 6.07 Å². The molecular weight excluding hydrogens is 202 g/mol. The first-order valence-electron chi connectivity index (χ1n) is 5.89. The van der Waals surface area contributed by atoms with Crippen molar-refractivity contribution in [3.63, 3.8) is 0 Å². The highest BCUT2D eigenvalue weighted by Crippen LogP contribution is 2.09. The number of nitrogens with two attached hydrogens (primary N) is 1. The summed E-state index contributed by atoms with van der Waals surface area (Å²) in [4.78, 5) is 6.71. The molecule has 0 atom stereocenters. The highest BCUT2D eigenvalue weighted by Gasteiger charge is 2.10. The zero-order valence-electron chi connectivity index (χ0n) is 9.56. The summed E-state index contributed by atoms with van der Waals surface area (Å²) in [5.41, 5.74) is 6.39. The molecule has 1 aliphatic rings. The third kappa shape index (κ3) is 3.18. The van der Waals surface area contributed by atoms with Crippen LogP contribution < -0.4 is 10.5 Å². The van der Waals surface area contributed by atoms with Gasteiger partial charge in [0.1, 0.15) is 6.61 Å². The second-order valence-electron chi connectivity index (χ2n) is 4.07. The van der Waals surface area contributed by atoms with Crippen LogP contribution in [0, 0.1) is 0 Å². The zero-order valence-corrected chi connectivity index (χ0v) is 9.56. The molecule has 0 saturated carbocycles. The van der Waals surface area contributed by atoms with E-state index in [2.05, 4.69) is 9.88 Å². The Labute approximate surface area is 96.4 Å². The Morgan fingerprint density at radius 3 is 2.88 bits per heavy atom. The number of nitrogens with zero attached hydrogens (tertiary/aromatic N) is 2. The number of aromatic nitrogens is 1. The van der Waals surface area contributed by atoms with E-state index in [0.29, 0.717) is 19.0 Å². The summed E-state index contributed by atoms with van der Waals surface area (Å²) in [5, 5.41) is 0. The molecule has 0 spiro atoms. The fourth-order valence-electron chi connectivity index (χ4n) is 1.94. The van der Waals surface area contributed by atoms with Crippen molar-refractivity contribution in [3.8, 4) is 5.88 Å². The van der Waals surface area contributed by atoms with Crippen LogP contribution in [-0.2, 0) is 6.54 Å². The fourth-order valence-corrected chi connectivity index (χ4v) is 1.94. The SMILES string of the molecule is NCc1cccc(OCCN2CCCC2)n1. The van der Waals surface area contributed by atoms with Crippen LogP contribution in [0.5, 0.6) is 5.88 Å². The first kappa shape index (κ1) is 11.4. The smallest absolute Gasteiger partial charge is 0.213 e. The molecule has 1 aromatic rings. The molecule has 0 unspecified atom stereocenters. The number of hydrogen-bond acceptors (Lipinski definition) is 4. The molecule has 1 aromatic heterocycles. The number of pyridine rings is 1. The maximum absolute atomic E-state index is 5.60. The van der Waals surface area contributed by atoms with Crippen LogP contribution in [0.3, 0.4) is 0 Å². The van der Waals surface area contributed by atoms with E-state index in [1.807, 2.05) is 18.2 Å². The van der Waals surface area contributed by atoms with Gasteiger partial charge in [0.25, 0.3) is 0 Å². The molecule has 0 bridgehead atoms. The van der Waals surface area contributed by atoms with Crippen LogP contribution in [0.2, 0.25) is 0 Å². The van der Waals surface area contributed by atoms with Crippen LogP contribution in [0.15, 0.2) is 18.2 Å². The minimum Gasteiger partial charge on any atom is -0.476 e. The van der Waals surface area contributed by atoms with E-state index in [4.69, 9.17) is 10.5 Å². The molecule has 2 heterocycles. The van der Waals surface area contributed by atoms with Gasteiger partial charge in [-0.15, -0.1) is 0 Å². The summed E-state index contributed by atoms with van der Waals surface area (Å²) in [7, 11) is 0. The molecule has 2 rings (SSSR count).